The first-order valence-corrected chi connectivity index (χ1v) is 9.07. The Bertz CT molecular complexity index is 272. The van der Waals surface area contributed by atoms with E-state index in [4.69, 9.17) is 0 Å². The minimum Gasteiger partial charge on any atom is -0.350 e. The van der Waals surface area contributed by atoms with Crippen molar-refractivity contribution in [3.05, 3.63) is 0 Å². The Morgan fingerprint density at radius 1 is 1.37 bits per heavy atom. The highest BCUT2D eigenvalue weighted by Gasteiger charge is 2.35. The van der Waals surface area contributed by atoms with Gasteiger partial charge < -0.3 is 5.32 Å². The van der Waals surface area contributed by atoms with Crippen molar-refractivity contribution in [3.8, 4) is 0 Å². The highest BCUT2D eigenvalue weighted by Crippen LogP contribution is 2.33. The molecule has 1 unspecified atom stereocenters. The maximum absolute atomic E-state index is 12.5. The molecule has 1 atom stereocenters. The van der Waals surface area contributed by atoms with Crippen LogP contribution in [0.1, 0.15) is 72.1 Å². The van der Waals surface area contributed by atoms with Crippen molar-refractivity contribution >= 4 is 21.8 Å². The van der Waals surface area contributed by atoms with Gasteiger partial charge in [0, 0.05) is 16.8 Å². The second-order valence-electron chi connectivity index (χ2n) is 6.33. The highest BCUT2D eigenvalue weighted by atomic mass is 79.9. The predicted molar refractivity (Wildman–Crippen MR) is 85.6 cm³/mol. The lowest BCUT2D eigenvalue weighted by Crippen LogP contribution is -2.53. The molecule has 1 rings (SSSR count). The lowest BCUT2D eigenvalue weighted by molar-refractivity contribution is -0.127. The fourth-order valence-corrected chi connectivity index (χ4v) is 3.64. The van der Waals surface area contributed by atoms with Gasteiger partial charge in [-0.2, -0.15) is 0 Å². The number of carbonyl (C=O) groups is 1. The number of hydrogen-bond donors (Lipinski definition) is 1. The molecule has 0 bridgehead atoms. The molecule has 0 aromatic rings. The van der Waals surface area contributed by atoms with Gasteiger partial charge in [0.15, 0.2) is 0 Å². The molecule has 2 nitrogen and oxygen atoms in total. The number of alkyl halides is 1. The molecule has 1 N–H and O–H groups in total. The highest BCUT2D eigenvalue weighted by molar-refractivity contribution is 9.09. The van der Waals surface area contributed by atoms with Crippen molar-refractivity contribution in [2.75, 3.05) is 5.33 Å². The van der Waals surface area contributed by atoms with Gasteiger partial charge in [-0.15, -0.1) is 0 Å². The number of hydrogen-bond acceptors (Lipinski definition) is 1. The number of amides is 1. The van der Waals surface area contributed by atoms with E-state index in [1.165, 1.54) is 19.3 Å². The maximum atomic E-state index is 12.5. The van der Waals surface area contributed by atoms with E-state index >= 15 is 0 Å². The van der Waals surface area contributed by atoms with Gasteiger partial charge in [0.2, 0.25) is 5.91 Å². The van der Waals surface area contributed by atoms with Gasteiger partial charge in [0.1, 0.15) is 0 Å². The molecule has 112 valence electrons. The van der Waals surface area contributed by atoms with Crippen LogP contribution >= 0.6 is 15.9 Å². The maximum Gasteiger partial charge on any atom is 0.223 e. The molecule has 3 heteroatoms. The summed E-state index contributed by atoms with van der Waals surface area (Å²) >= 11 is 3.63. The van der Waals surface area contributed by atoms with Crippen LogP contribution in [0.4, 0.5) is 0 Å². The van der Waals surface area contributed by atoms with Gasteiger partial charge in [0.05, 0.1) is 0 Å². The second kappa shape index (κ2) is 8.28. The Morgan fingerprint density at radius 3 is 2.47 bits per heavy atom. The van der Waals surface area contributed by atoms with Crippen LogP contribution in [0.3, 0.4) is 0 Å². The van der Waals surface area contributed by atoms with Gasteiger partial charge in [-0.05, 0) is 44.4 Å². The van der Waals surface area contributed by atoms with Crippen molar-refractivity contribution in [1.82, 2.24) is 5.32 Å². The van der Waals surface area contributed by atoms with Crippen LogP contribution in [0.5, 0.6) is 0 Å². The van der Waals surface area contributed by atoms with E-state index in [0.29, 0.717) is 0 Å². The van der Waals surface area contributed by atoms with E-state index in [2.05, 4.69) is 42.0 Å². The first kappa shape index (κ1) is 17.0. The van der Waals surface area contributed by atoms with Gasteiger partial charge in [-0.3, -0.25) is 4.79 Å². The van der Waals surface area contributed by atoms with Gasteiger partial charge in [-0.1, -0.05) is 49.5 Å². The summed E-state index contributed by atoms with van der Waals surface area (Å²) in [7, 11) is 0. The monoisotopic (exact) mass is 331 g/mol. The summed E-state index contributed by atoms with van der Waals surface area (Å²) in [4.78, 5) is 12.5. The topological polar surface area (TPSA) is 29.1 Å². The Morgan fingerprint density at radius 2 is 2.00 bits per heavy atom. The molecule has 0 aromatic heterocycles. The molecule has 0 aromatic carbocycles. The van der Waals surface area contributed by atoms with Crippen LogP contribution in [0.25, 0.3) is 0 Å². The fraction of sp³-hybridized carbons (Fsp3) is 0.938. The van der Waals surface area contributed by atoms with Crippen molar-refractivity contribution < 1.29 is 4.79 Å². The van der Waals surface area contributed by atoms with Crippen LogP contribution in [0.15, 0.2) is 0 Å². The zero-order valence-electron chi connectivity index (χ0n) is 12.8. The zero-order chi connectivity index (χ0) is 14.3. The molecule has 0 radical (unpaired) electrons. The summed E-state index contributed by atoms with van der Waals surface area (Å²) in [5, 5.41) is 4.27. The number of nitrogens with one attached hydrogen (secondary N) is 1. The summed E-state index contributed by atoms with van der Waals surface area (Å²) < 4.78 is 0. The molecule has 1 saturated carbocycles. The minimum atomic E-state index is 0.0171. The molecule has 0 aliphatic heterocycles. The smallest absolute Gasteiger partial charge is 0.223 e. The number of halogens is 1. The Labute approximate surface area is 127 Å². The Kier molecular flexibility index (Phi) is 7.41. The molecule has 1 aliphatic rings. The summed E-state index contributed by atoms with van der Waals surface area (Å²) in [6.45, 7) is 6.63. The van der Waals surface area contributed by atoms with E-state index < -0.39 is 0 Å². The third-order valence-corrected chi connectivity index (χ3v) is 5.72. The van der Waals surface area contributed by atoms with E-state index in [9.17, 15) is 4.79 Å². The van der Waals surface area contributed by atoms with E-state index in [1.54, 1.807) is 0 Å². The summed E-state index contributed by atoms with van der Waals surface area (Å²) in [6, 6.07) is 0. The van der Waals surface area contributed by atoms with Crippen molar-refractivity contribution in [2.24, 2.45) is 11.8 Å². The van der Waals surface area contributed by atoms with Gasteiger partial charge in [-0.25, -0.2) is 0 Å². The third kappa shape index (κ3) is 5.09. The lowest BCUT2D eigenvalue weighted by Gasteiger charge is -2.39. The summed E-state index contributed by atoms with van der Waals surface area (Å²) in [5.74, 6) is 1.30. The SMILES string of the molecule is CCCCC(CC)C(=O)NC1(CBr)CCC(C)CC1. The first-order chi connectivity index (χ1) is 9.06. The fourth-order valence-electron chi connectivity index (χ4n) is 2.94. The number of carbonyl (C=O) groups excluding carboxylic acids is 1. The Balaban J connectivity index is 2.56. The van der Waals surface area contributed by atoms with Crippen LogP contribution in [0.2, 0.25) is 0 Å². The third-order valence-electron chi connectivity index (χ3n) is 4.65. The molecular weight excluding hydrogens is 302 g/mol. The molecule has 1 aliphatic carbocycles. The van der Waals surface area contributed by atoms with Gasteiger partial charge >= 0.3 is 0 Å². The summed E-state index contributed by atoms with van der Waals surface area (Å²) in [5.41, 5.74) is 0.0171. The van der Waals surface area contributed by atoms with Crippen molar-refractivity contribution in [3.63, 3.8) is 0 Å². The number of unbranched alkanes of at least 4 members (excludes halogenated alkanes) is 1. The standard InChI is InChI=1S/C16H30BrNO/c1-4-6-7-14(5-2)15(19)18-16(12-17)10-8-13(3)9-11-16/h13-14H,4-12H2,1-3H3,(H,18,19). The quantitative estimate of drug-likeness (QED) is 0.675. The van der Waals surface area contributed by atoms with Crippen LogP contribution in [-0.2, 0) is 4.79 Å². The predicted octanol–water partition coefficient (Wildman–Crippen LogP) is 4.66. The van der Waals surface area contributed by atoms with Crippen LogP contribution in [-0.4, -0.2) is 16.8 Å². The van der Waals surface area contributed by atoms with Gasteiger partial charge in [0.25, 0.3) is 0 Å². The molecule has 0 heterocycles. The van der Waals surface area contributed by atoms with Crippen LogP contribution < -0.4 is 5.32 Å². The number of rotatable bonds is 7. The van der Waals surface area contributed by atoms with Crippen LogP contribution in [0, 0.1) is 11.8 Å². The molecule has 0 saturated heterocycles. The Hall–Kier alpha value is -0.0500. The van der Waals surface area contributed by atoms with E-state index in [1.807, 2.05) is 0 Å². The minimum absolute atomic E-state index is 0.0171. The first-order valence-electron chi connectivity index (χ1n) is 7.95. The largest absolute Gasteiger partial charge is 0.350 e. The molecule has 1 amide bonds. The molecular formula is C16H30BrNO. The average Bonchev–Trinajstić information content (AvgIpc) is 2.42. The van der Waals surface area contributed by atoms with Crippen molar-refractivity contribution in [2.45, 2.75) is 77.7 Å². The average molecular weight is 332 g/mol. The van der Waals surface area contributed by atoms with E-state index in [0.717, 1.165) is 43.4 Å². The normalized spacial score (nSPS) is 28.9. The molecule has 19 heavy (non-hydrogen) atoms. The lowest BCUT2D eigenvalue weighted by atomic mass is 9.78. The van der Waals surface area contributed by atoms with E-state index in [-0.39, 0.29) is 17.4 Å². The molecule has 0 spiro atoms. The zero-order valence-corrected chi connectivity index (χ0v) is 14.4. The van der Waals surface area contributed by atoms with Crippen molar-refractivity contribution in [1.29, 1.82) is 0 Å². The second-order valence-corrected chi connectivity index (χ2v) is 6.89. The molecule has 1 fully saturated rings. The summed E-state index contributed by atoms with van der Waals surface area (Å²) in [6.07, 6.45) is 9.03.